The van der Waals surface area contributed by atoms with Gasteiger partial charge in [-0.3, -0.25) is 4.90 Å². The minimum Gasteiger partial charge on any atom is -0.326 e. The van der Waals surface area contributed by atoms with E-state index in [2.05, 4.69) is 93.0 Å². The van der Waals surface area contributed by atoms with Crippen molar-refractivity contribution in [2.24, 2.45) is 5.92 Å². The van der Waals surface area contributed by atoms with E-state index < -0.39 is 0 Å². The summed E-state index contributed by atoms with van der Waals surface area (Å²) in [6, 6.07) is 26.6. The lowest BCUT2D eigenvalue weighted by atomic mass is 9.89. The average Bonchev–Trinajstić information content (AvgIpc) is 3.33. The standard InChI is InChI=1S/C34H39BrFN3/c1-2-3-21-39-32(33(28-15-9-5-10-16-28)37-34(39)29-17-11-6-12-18-29)25-38(23-26-13-7-4-8-14-26)24-27-19-20-31(36)30(35)22-27/h5-6,9-12,15-20,22,26H,2-4,7-8,13-14,21,23-25H2,1H3. The number of aromatic nitrogens is 2. The van der Waals surface area contributed by atoms with Crippen LogP contribution in [0.3, 0.4) is 0 Å². The largest absolute Gasteiger partial charge is 0.326 e. The van der Waals surface area contributed by atoms with Gasteiger partial charge in [-0.15, -0.1) is 0 Å². The Morgan fingerprint density at radius 3 is 2.26 bits per heavy atom. The van der Waals surface area contributed by atoms with Gasteiger partial charge >= 0.3 is 0 Å². The van der Waals surface area contributed by atoms with E-state index in [9.17, 15) is 4.39 Å². The normalized spacial score (nSPS) is 14.3. The summed E-state index contributed by atoms with van der Waals surface area (Å²) in [5.74, 6) is 1.53. The van der Waals surface area contributed by atoms with Crippen LogP contribution in [0.1, 0.15) is 63.1 Å². The van der Waals surface area contributed by atoms with Crippen molar-refractivity contribution in [3.63, 3.8) is 0 Å². The van der Waals surface area contributed by atoms with E-state index in [-0.39, 0.29) is 5.82 Å². The number of benzene rings is 3. The summed E-state index contributed by atoms with van der Waals surface area (Å²) in [7, 11) is 0. The van der Waals surface area contributed by atoms with Crippen LogP contribution >= 0.6 is 15.9 Å². The van der Waals surface area contributed by atoms with E-state index in [4.69, 9.17) is 4.98 Å². The molecule has 0 radical (unpaired) electrons. The summed E-state index contributed by atoms with van der Waals surface area (Å²) >= 11 is 3.41. The molecule has 1 aliphatic carbocycles. The lowest BCUT2D eigenvalue weighted by molar-refractivity contribution is 0.183. The molecule has 0 N–H and O–H groups in total. The zero-order chi connectivity index (χ0) is 27.0. The van der Waals surface area contributed by atoms with Crippen LogP contribution in [-0.2, 0) is 19.6 Å². The number of hydrogen-bond donors (Lipinski definition) is 0. The molecule has 0 bridgehead atoms. The molecule has 204 valence electrons. The third-order valence-corrected chi connectivity index (χ3v) is 8.50. The molecule has 1 fully saturated rings. The van der Waals surface area contributed by atoms with Gasteiger partial charge < -0.3 is 4.57 Å². The summed E-state index contributed by atoms with van der Waals surface area (Å²) < 4.78 is 17.1. The van der Waals surface area contributed by atoms with Crippen molar-refractivity contribution < 1.29 is 4.39 Å². The molecule has 0 unspecified atom stereocenters. The van der Waals surface area contributed by atoms with Gasteiger partial charge in [0.1, 0.15) is 11.6 Å². The quantitative estimate of drug-likeness (QED) is 0.174. The fourth-order valence-corrected chi connectivity index (χ4v) is 6.29. The molecule has 1 saturated carbocycles. The first kappa shape index (κ1) is 27.8. The molecule has 3 aromatic carbocycles. The van der Waals surface area contributed by atoms with E-state index in [0.717, 1.165) is 67.2 Å². The summed E-state index contributed by atoms with van der Waals surface area (Å²) in [6.07, 6.45) is 8.81. The number of hydrogen-bond acceptors (Lipinski definition) is 2. The maximum absolute atomic E-state index is 14.1. The van der Waals surface area contributed by atoms with Gasteiger partial charge in [0.05, 0.1) is 15.9 Å². The van der Waals surface area contributed by atoms with E-state index >= 15 is 0 Å². The molecular formula is C34H39BrFN3. The first-order valence-electron chi connectivity index (χ1n) is 14.5. The van der Waals surface area contributed by atoms with E-state index in [1.165, 1.54) is 37.8 Å². The molecule has 39 heavy (non-hydrogen) atoms. The summed E-state index contributed by atoms with van der Waals surface area (Å²) in [6.45, 7) is 5.82. The van der Waals surface area contributed by atoms with E-state index in [1.807, 2.05) is 12.1 Å². The molecular weight excluding hydrogens is 549 g/mol. The molecule has 5 rings (SSSR count). The molecule has 5 heteroatoms. The Morgan fingerprint density at radius 1 is 0.897 bits per heavy atom. The topological polar surface area (TPSA) is 21.1 Å². The van der Waals surface area contributed by atoms with Crippen molar-refractivity contribution in [3.05, 3.63) is 100 Å². The van der Waals surface area contributed by atoms with Crippen LogP contribution in [0, 0.1) is 11.7 Å². The average molecular weight is 589 g/mol. The smallest absolute Gasteiger partial charge is 0.140 e. The van der Waals surface area contributed by atoms with Crippen LogP contribution in [0.25, 0.3) is 22.6 Å². The fraction of sp³-hybridized carbons (Fsp3) is 0.382. The van der Waals surface area contributed by atoms with Gasteiger partial charge in [0, 0.05) is 37.3 Å². The molecule has 0 atom stereocenters. The van der Waals surface area contributed by atoms with Crippen molar-refractivity contribution in [3.8, 4) is 22.6 Å². The monoisotopic (exact) mass is 587 g/mol. The Hall–Kier alpha value is -2.76. The highest BCUT2D eigenvalue weighted by Crippen LogP contribution is 2.33. The van der Waals surface area contributed by atoms with Gasteiger partial charge in [0.25, 0.3) is 0 Å². The predicted molar refractivity (Wildman–Crippen MR) is 163 cm³/mol. The summed E-state index contributed by atoms with van der Waals surface area (Å²) in [5.41, 5.74) is 5.77. The van der Waals surface area contributed by atoms with Crippen LogP contribution in [0.4, 0.5) is 4.39 Å². The van der Waals surface area contributed by atoms with E-state index in [1.54, 1.807) is 6.07 Å². The second-order valence-electron chi connectivity index (χ2n) is 10.9. The second-order valence-corrected chi connectivity index (χ2v) is 11.7. The molecule has 1 aromatic heterocycles. The second kappa shape index (κ2) is 13.5. The summed E-state index contributed by atoms with van der Waals surface area (Å²) in [4.78, 5) is 7.90. The van der Waals surface area contributed by atoms with Gasteiger partial charge in [0.2, 0.25) is 0 Å². The number of rotatable bonds is 11. The summed E-state index contributed by atoms with van der Waals surface area (Å²) in [5, 5.41) is 0. The van der Waals surface area contributed by atoms with Crippen molar-refractivity contribution in [2.45, 2.75) is 71.5 Å². The predicted octanol–water partition coefficient (Wildman–Crippen LogP) is 9.50. The molecule has 0 spiro atoms. The lowest BCUT2D eigenvalue weighted by Gasteiger charge is -2.30. The minimum absolute atomic E-state index is 0.214. The highest BCUT2D eigenvalue weighted by Gasteiger charge is 2.24. The SMILES string of the molecule is CCCCn1c(-c2ccccc2)nc(-c2ccccc2)c1CN(Cc1ccc(F)c(Br)c1)CC1CCCCC1. The van der Waals surface area contributed by atoms with Gasteiger partial charge in [-0.1, -0.05) is 99.3 Å². The molecule has 4 aromatic rings. The Kier molecular flexibility index (Phi) is 9.65. The zero-order valence-electron chi connectivity index (χ0n) is 23.0. The van der Waals surface area contributed by atoms with Crippen molar-refractivity contribution >= 4 is 15.9 Å². The Labute approximate surface area is 241 Å². The van der Waals surface area contributed by atoms with Crippen molar-refractivity contribution in [1.82, 2.24) is 14.5 Å². The highest BCUT2D eigenvalue weighted by molar-refractivity contribution is 9.10. The third kappa shape index (κ3) is 7.06. The number of imidazole rings is 1. The van der Waals surface area contributed by atoms with Gasteiger partial charge in [-0.05, 0) is 58.8 Å². The maximum atomic E-state index is 14.1. The van der Waals surface area contributed by atoms with Gasteiger partial charge in [0.15, 0.2) is 0 Å². The van der Waals surface area contributed by atoms with Crippen LogP contribution < -0.4 is 0 Å². The first-order chi connectivity index (χ1) is 19.1. The number of nitrogens with zero attached hydrogens (tertiary/aromatic N) is 3. The third-order valence-electron chi connectivity index (χ3n) is 7.89. The van der Waals surface area contributed by atoms with Crippen molar-refractivity contribution in [2.75, 3.05) is 6.54 Å². The maximum Gasteiger partial charge on any atom is 0.140 e. The van der Waals surface area contributed by atoms with Crippen LogP contribution in [0.2, 0.25) is 0 Å². The first-order valence-corrected chi connectivity index (χ1v) is 15.3. The zero-order valence-corrected chi connectivity index (χ0v) is 24.5. The lowest BCUT2D eigenvalue weighted by Crippen LogP contribution is -2.31. The number of unbranched alkanes of at least 4 members (excludes halogenated alkanes) is 1. The molecule has 1 heterocycles. The molecule has 0 aliphatic heterocycles. The molecule has 1 aliphatic rings. The molecule has 0 amide bonds. The Bertz CT molecular complexity index is 1330. The number of halogens is 2. The highest BCUT2D eigenvalue weighted by atomic mass is 79.9. The van der Waals surface area contributed by atoms with Crippen molar-refractivity contribution in [1.29, 1.82) is 0 Å². The Balaban J connectivity index is 1.57. The van der Waals surface area contributed by atoms with Crippen LogP contribution in [0.5, 0.6) is 0 Å². The minimum atomic E-state index is -0.214. The molecule has 3 nitrogen and oxygen atoms in total. The van der Waals surface area contributed by atoms with E-state index in [0.29, 0.717) is 10.4 Å². The van der Waals surface area contributed by atoms with Crippen LogP contribution in [-0.4, -0.2) is 21.0 Å². The van der Waals surface area contributed by atoms with Gasteiger partial charge in [-0.2, -0.15) is 0 Å². The van der Waals surface area contributed by atoms with Gasteiger partial charge in [-0.25, -0.2) is 9.37 Å². The molecule has 0 saturated heterocycles. The Morgan fingerprint density at radius 2 is 1.59 bits per heavy atom. The van der Waals surface area contributed by atoms with Crippen LogP contribution in [0.15, 0.2) is 83.3 Å². The fourth-order valence-electron chi connectivity index (χ4n) is 5.87.